The van der Waals surface area contributed by atoms with Gasteiger partial charge in [-0.25, -0.2) is 0 Å². The van der Waals surface area contributed by atoms with Crippen LogP contribution in [0.4, 0.5) is 0 Å². The highest BCUT2D eigenvalue weighted by atomic mass is 79.9. The van der Waals surface area contributed by atoms with Crippen molar-refractivity contribution in [3.05, 3.63) is 34.3 Å². The number of rotatable bonds is 5. The molecule has 4 heteroatoms. The largest absolute Gasteiger partial charge is 0.352 e. The number of carbonyl (C=O) groups is 1. The molecule has 3 N–H and O–H groups in total. The topological polar surface area (TPSA) is 55.1 Å². The Morgan fingerprint density at radius 3 is 2.94 bits per heavy atom. The number of hydrogen-bond donors (Lipinski definition) is 2. The Kier molecular flexibility index (Phi) is 5.49. The van der Waals surface area contributed by atoms with Gasteiger partial charge >= 0.3 is 0 Å². The van der Waals surface area contributed by atoms with E-state index in [9.17, 15) is 4.79 Å². The summed E-state index contributed by atoms with van der Waals surface area (Å²) in [5.41, 5.74) is 6.55. The summed E-state index contributed by atoms with van der Waals surface area (Å²) in [7, 11) is 0. The molecule has 0 aliphatic heterocycles. The maximum absolute atomic E-state index is 11.5. The van der Waals surface area contributed by atoms with Gasteiger partial charge in [0.15, 0.2) is 0 Å². The third-order valence-electron chi connectivity index (χ3n) is 2.31. The van der Waals surface area contributed by atoms with Gasteiger partial charge in [0.05, 0.1) is 0 Å². The summed E-state index contributed by atoms with van der Waals surface area (Å²) in [5, 5.41) is 2.88. The maximum Gasteiger partial charge on any atom is 0.220 e. The van der Waals surface area contributed by atoms with Gasteiger partial charge in [0, 0.05) is 17.4 Å². The third kappa shape index (κ3) is 4.77. The predicted molar refractivity (Wildman–Crippen MR) is 68.8 cm³/mol. The zero-order valence-electron chi connectivity index (χ0n) is 9.37. The Hall–Kier alpha value is -0.870. The smallest absolute Gasteiger partial charge is 0.220 e. The van der Waals surface area contributed by atoms with Crippen LogP contribution in [0.15, 0.2) is 28.7 Å². The number of nitrogens with two attached hydrogens (primary N) is 1. The molecule has 0 saturated carbocycles. The van der Waals surface area contributed by atoms with Crippen LogP contribution in [0.2, 0.25) is 0 Å². The van der Waals surface area contributed by atoms with Gasteiger partial charge in [-0.3, -0.25) is 4.79 Å². The molecule has 0 spiro atoms. The van der Waals surface area contributed by atoms with E-state index in [4.69, 9.17) is 5.73 Å². The lowest BCUT2D eigenvalue weighted by atomic mass is 10.1. The molecule has 1 unspecified atom stereocenters. The van der Waals surface area contributed by atoms with Gasteiger partial charge in [0.25, 0.3) is 0 Å². The van der Waals surface area contributed by atoms with Crippen LogP contribution < -0.4 is 11.1 Å². The number of amides is 1. The molecule has 0 aromatic heterocycles. The van der Waals surface area contributed by atoms with E-state index < -0.39 is 0 Å². The van der Waals surface area contributed by atoms with Gasteiger partial charge in [0.1, 0.15) is 0 Å². The van der Waals surface area contributed by atoms with Crippen molar-refractivity contribution in [3.8, 4) is 0 Å². The molecule has 0 bridgehead atoms. The molecule has 3 nitrogen and oxygen atoms in total. The van der Waals surface area contributed by atoms with E-state index in [1.165, 1.54) is 0 Å². The Morgan fingerprint density at radius 1 is 1.56 bits per heavy atom. The van der Waals surface area contributed by atoms with Crippen LogP contribution in [0, 0.1) is 5.92 Å². The Balaban J connectivity index is 2.37. The number of hydrogen-bond acceptors (Lipinski definition) is 2. The van der Waals surface area contributed by atoms with E-state index in [2.05, 4.69) is 21.2 Å². The van der Waals surface area contributed by atoms with Crippen molar-refractivity contribution in [2.75, 3.05) is 6.54 Å². The molecule has 0 heterocycles. The van der Waals surface area contributed by atoms with Crippen molar-refractivity contribution in [1.29, 1.82) is 0 Å². The van der Waals surface area contributed by atoms with Gasteiger partial charge in [-0.15, -0.1) is 0 Å². The normalized spacial score (nSPS) is 12.2. The summed E-state index contributed by atoms with van der Waals surface area (Å²) in [4.78, 5) is 11.5. The first kappa shape index (κ1) is 13.2. The minimum Gasteiger partial charge on any atom is -0.352 e. The second kappa shape index (κ2) is 6.66. The third-order valence-corrected chi connectivity index (χ3v) is 2.81. The highest BCUT2D eigenvalue weighted by molar-refractivity contribution is 9.10. The maximum atomic E-state index is 11.5. The van der Waals surface area contributed by atoms with Gasteiger partial charge in [0.2, 0.25) is 5.91 Å². The summed E-state index contributed by atoms with van der Waals surface area (Å²) in [5.74, 6) is 0.292. The van der Waals surface area contributed by atoms with Crippen molar-refractivity contribution >= 4 is 21.8 Å². The summed E-state index contributed by atoms with van der Waals surface area (Å²) >= 11 is 3.39. The highest BCUT2D eigenvalue weighted by Crippen LogP contribution is 2.11. The minimum absolute atomic E-state index is 0.0536. The predicted octanol–water partition coefficient (Wildman–Crippen LogP) is 2.05. The molecular formula is C12H17BrN2O. The molecule has 88 valence electrons. The molecule has 1 aromatic carbocycles. The Bertz CT molecular complexity index is 355. The molecule has 1 rings (SSSR count). The van der Waals surface area contributed by atoms with E-state index in [0.717, 1.165) is 10.0 Å². The van der Waals surface area contributed by atoms with Crippen LogP contribution in [0.1, 0.15) is 18.9 Å². The van der Waals surface area contributed by atoms with Crippen molar-refractivity contribution in [3.63, 3.8) is 0 Å². The van der Waals surface area contributed by atoms with Crippen LogP contribution >= 0.6 is 15.9 Å². The van der Waals surface area contributed by atoms with Crippen LogP contribution in [0.5, 0.6) is 0 Å². The summed E-state index contributed by atoms with van der Waals surface area (Å²) in [6, 6.07) is 7.89. The fraction of sp³-hybridized carbons (Fsp3) is 0.417. The van der Waals surface area contributed by atoms with E-state index in [0.29, 0.717) is 19.5 Å². The summed E-state index contributed by atoms with van der Waals surface area (Å²) < 4.78 is 1.02. The second-order valence-corrected chi connectivity index (χ2v) is 4.87. The number of halogens is 1. The molecular weight excluding hydrogens is 268 g/mol. The van der Waals surface area contributed by atoms with E-state index in [1.54, 1.807) is 0 Å². The standard InChI is InChI=1S/C12H17BrN2O/c1-9(7-14)5-12(16)15-8-10-3-2-4-11(13)6-10/h2-4,6,9H,5,7-8,14H2,1H3,(H,15,16). The Morgan fingerprint density at radius 2 is 2.31 bits per heavy atom. The first-order valence-electron chi connectivity index (χ1n) is 5.33. The zero-order valence-corrected chi connectivity index (χ0v) is 11.0. The fourth-order valence-corrected chi connectivity index (χ4v) is 1.77. The highest BCUT2D eigenvalue weighted by Gasteiger charge is 2.06. The monoisotopic (exact) mass is 284 g/mol. The van der Waals surface area contributed by atoms with Crippen molar-refractivity contribution in [2.45, 2.75) is 19.9 Å². The summed E-state index contributed by atoms with van der Waals surface area (Å²) in [6.07, 6.45) is 0.491. The average molecular weight is 285 g/mol. The quantitative estimate of drug-likeness (QED) is 0.870. The molecule has 1 aromatic rings. The molecule has 0 aliphatic carbocycles. The number of carbonyl (C=O) groups excluding carboxylic acids is 1. The minimum atomic E-state index is 0.0536. The van der Waals surface area contributed by atoms with Crippen molar-refractivity contribution < 1.29 is 4.79 Å². The number of benzene rings is 1. The second-order valence-electron chi connectivity index (χ2n) is 3.95. The van der Waals surface area contributed by atoms with E-state index in [-0.39, 0.29) is 11.8 Å². The lowest BCUT2D eigenvalue weighted by Gasteiger charge is -2.09. The van der Waals surface area contributed by atoms with Crippen LogP contribution in [0.3, 0.4) is 0 Å². The van der Waals surface area contributed by atoms with E-state index >= 15 is 0 Å². The average Bonchev–Trinajstić information content (AvgIpc) is 2.26. The molecule has 1 amide bonds. The van der Waals surface area contributed by atoms with Gasteiger partial charge < -0.3 is 11.1 Å². The fourth-order valence-electron chi connectivity index (χ4n) is 1.32. The van der Waals surface area contributed by atoms with Crippen molar-refractivity contribution in [2.24, 2.45) is 11.7 Å². The number of nitrogens with one attached hydrogen (secondary N) is 1. The molecule has 0 aliphatic rings. The molecule has 1 atom stereocenters. The van der Waals surface area contributed by atoms with Gasteiger partial charge in [-0.1, -0.05) is 35.0 Å². The van der Waals surface area contributed by atoms with Gasteiger partial charge in [-0.2, -0.15) is 0 Å². The first-order valence-corrected chi connectivity index (χ1v) is 6.12. The lowest BCUT2D eigenvalue weighted by molar-refractivity contribution is -0.122. The van der Waals surface area contributed by atoms with Crippen LogP contribution in [-0.4, -0.2) is 12.5 Å². The van der Waals surface area contributed by atoms with Gasteiger partial charge in [-0.05, 0) is 30.2 Å². The van der Waals surface area contributed by atoms with Crippen molar-refractivity contribution in [1.82, 2.24) is 5.32 Å². The summed E-state index contributed by atoms with van der Waals surface area (Å²) in [6.45, 7) is 3.08. The first-order chi connectivity index (χ1) is 7.61. The molecule has 0 saturated heterocycles. The Labute approximate surface area is 105 Å². The zero-order chi connectivity index (χ0) is 12.0. The van der Waals surface area contributed by atoms with Crippen LogP contribution in [0.25, 0.3) is 0 Å². The van der Waals surface area contributed by atoms with E-state index in [1.807, 2.05) is 31.2 Å². The molecule has 0 fully saturated rings. The van der Waals surface area contributed by atoms with Crippen LogP contribution in [-0.2, 0) is 11.3 Å². The molecule has 16 heavy (non-hydrogen) atoms. The SMILES string of the molecule is CC(CN)CC(=O)NCc1cccc(Br)c1. The lowest BCUT2D eigenvalue weighted by Crippen LogP contribution is -2.26. The molecule has 0 radical (unpaired) electrons.